The third-order valence-electron chi connectivity index (χ3n) is 2.00. The van der Waals surface area contributed by atoms with Crippen LogP contribution in [0.25, 0.3) is 0 Å². The lowest BCUT2D eigenvalue weighted by Crippen LogP contribution is -2.10. The third-order valence-corrected chi connectivity index (χ3v) is 2.73. The van der Waals surface area contributed by atoms with Gasteiger partial charge in [0.25, 0.3) is 0 Å². The van der Waals surface area contributed by atoms with Crippen molar-refractivity contribution in [3.05, 3.63) is 29.3 Å². The minimum atomic E-state index is -0.201. The van der Waals surface area contributed by atoms with Crippen molar-refractivity contribution in [1.29, 1.82) is 0 Å². The molecule has 4 heteroatoms. The first-order chi connectivity index (χ1) is 7.08. The summed E-state index contributed by atoms with van der Waals surface area (Å²) < 4.78 is 5.10. The molecule has 0 heterocycles. The predicted molar refractivity (Wildman–Crippen MR) is 65.3 cm³/mol. The van der Waals surface area contributed by atoms with Crippen LogP contribution in [-0.4, -0.2) is 17.7 Å². The minimum Gasteiger partial charge on any atom is -0.497 e. The molecule has 0 amide bonds. The summed E-state index contributed by atoms with van der Waals surface area (Å²) in [5.41, 5.74) is 1.50. The molecule has 1 unspecified atom stereocenters. The van der Waals surface area contributed by atoms with Gasteiger partial charge in [0.2, 0.25) is 0 Å². The van der Waals surface area contributed by atoms with Crippen molar-refractivity contribution in [2.45, 2.75) is 17.6 Å². The number of rotatable bonds is 4. The molecule has 0 aliphatic carbocycles. The van der Waals surface area contributed by atoms with E-state index in [0.717, 1.165) is 5.56 Å². The highest BCUT2D eigenvalue weighted by Crippen LogP contribution is 2.20. The fourth-order valence-corrected chi connectivity index (χ4v) is 1.65. The van der Waals surface area contributed by atoms with E-state index in [9.17, 15) is 4.79 Å². The molecule has 1 atom stereocenters. The third kappa shape index (κ3) is 3.21. The first-order valence-corrected chi connectivity index (χ1v) is 5.95. The fraction of sp³-hybridized carbons (Fsp3) is 0.364. The molecule has 1 aromatic carbocycles. The van der Waals surface area contributed by atoms with Gasteiger partial charge < -0.3 is 4.74 Å². The lowest BCUT2D eigenvalue weighted by atomic mass is 10.1. The van der Waals surface area contributed by atoms with Crippen molar-refractivity contribution in [2.24, 2.45) is 0 Å². The maximum absolute atomic E-state index is 11.7. The number of methoxy groups -OCH3 is 1. The molecule has 15 heavy (non-hydrogen) atoms. The highest BCUT2D eigenvalue weighted by Gasteiger charge is 2.13. The van der Waals surface area contributed by atoms with Crippen LogP contribution in [0.15, 0.2) is 18.2 Å². The number of hydrogen-bond donors (Lipinski definition) is 0. The second-order valence-electron chi connectivity index (χ2n) is 3.18. The Morgan fingerprint density at radius 3 is 2.67 bits per heavy atom. The first kappa shape index (κ1) is 12.5. The number of alkyl halides is 2. The summed E-state index contributed by atoms with van der Waals surface area (Å²) in [5.74, 6) is 1.05. The van der Waals surface area contributed by atoms with Crippen LogP contribution in [0, 0.1) is 0 Å². The van der Waals surface area contributed by atoms with Crippen LogP contribution in [0.3, 0.4) is 0 Å². The van der Waals surface area contributed by atoms with Gasteiger partial charge in [-0.2, -0.15) is 0 Å². The molecule has 82 valence electrons. The van der Waals surface area contributed by atoms with E-state index in [-0.39, 0.29) is 10.6 Å². The van der Waals surface area contributed by atoms with Gasteiger partial charge in [0, 0.05) is 11.4 Å². The van der Waals surface area contributed by atoms with E-state index in [2.05, 4.69) is 15.9 Å². The van der Waals surface area contributed by atoms with Gasteiger partial charge in [-0.05, 0) is 30.7 Å². The smallest absolute Gasteiger partial charge is 0.176 e. The highest BCUT2D eigenvalue weighted by atomic mass is 79.9. The molecule has 1 rings (SSSR count). The maximum Gasteiger partial charge on any atom is 0.176 e. The van der Waals surface area contributed by atoms with Crippen molar-refractivity contribution in [1.82, 2.24) is 0 Å². The number of carbonyl (C=O) groups is 1. The molecule has 0 radical (unpaired) electrons. The van der Waals surface area contributed by atoms with Crippen molar-refractivity contribution in [3.63, 3.8) is 0 Å². The van der Waals surface area contributed by atoms with E-state index in [1.54, 1.807) is 26.2 Å². The Hall–Kier alpha value is -0.540. The van der Waals surface area contributed by atoms with Crippen molar-refractivity contribution in [2.75, 3.05) is 7.11 Å². The molecule has 2 nitrogen and oxygen atoms in total. The van der Waals surface area contributed by atoms with Gasteiger partial charge in [-0.25, -0.2) is 0 Å². The summed E-state index contributed by atoms with van der Waals surface area (Å²) >= 11 is 8.98. The Morgan fingerprint density at radius 1 is 1.53 bits per heavy atom. The largest absolute Gasteiger partial charge is 0.497 e. The van der Waals surface area contributed by atoms with Crippen LogP contribution in [0.2, 0.25) is 0 Å². The van der Waals surface area contributed by atoms with Crippen molar-refractivity contribution in [3.8, 4) is 5.75 Å². The summed E-state index contributed by atoms with van der Waals surface area (Å²) in [7, 11) is 1.57. The summed E-state index contributed by atoms with van der Waals surface area (Å²) in [6, 6.07) is 5.33. The number of ether oxygens (including phenoxy) is 1. The summed E-state index contributed by atoms with van der Waals surface area (Å²) in [5, 5.41) is 0. The molecular weight excluding hydrogens is 279 g/mol. The molecule has 0 bridgehead atoms. The summed E-state index contributed by atoms with van der Waals surface area (Å²) in [6.45, 7) is 1.79. The van der Waals surface area contributed by atoms with E-state index < -0.39 is 0 Å². The van der Waals surface area contributed by atoms with Crippen LogP contribution in [0.4, 0.5) is 0 Å². The van der Waals surface area contributed by atoms with E-state index >= 15 is 0 Å². The monoisotopic (exact) mass is 290 g/mol. The number of halogens is 2. The summed E-state index contributed by atoms with van der Waals surface area (Å²) in [6.07, 6.45) is 0. The molecule has 1 aromatic rings. The zero-order chi connectivity index (χ0) is 11.4. The quantitative estimate of drug-likeness (QED) is 0.628. The Kier molecular flexibility index (Phi) is 4.61. The Morgan fingerprint density at radius 2 is 2.20 bits per heavy atom. The van der Waals surface area contributed by atoms with E-state index in [0.29, 0.717) is 17.2 Å². The number of hydrogen-bond acceptors (Lipinski definition) is 2. The first-order valence-electron chi connectivity index (χ1n) is 4.50. The molecule has 0 aliphatic heterocycles. The molecule has 0 saturated carbocycles. The van der Waals surface area contributed by atoms with Gasteiger partial charge in [-0.3, -0.25) is 4.79 Å². The van der Waals surface area contributed by atoms with Gasteiger partial charge >= 0.3 is 0 Å². The maximum atomic E-state index is 11.7. The lowest BCUT2D eigenvalue weighted by molar-refractivity contribution is 0.0995. The lowest BCUT2D eigenvalue weighted by Gasteiger charge is -2.08. The van der Waals surface area contributed by atoms with Crippen molar-refractivity contribution < 1.29 is 9.53 Å². The Labute approximate surface area is 103 Å². The van der Waals surface area contributed by atoms with Crippen LogP contribution in [0.1, 0.15) is 22.8 Å². The minimum absolute atomic E-state index is 0.0280. The molecule has 0 N–H and O–H groups in total. The van der Waals surface area contributed by atoms with Gasteiger partial charge in [0.05, 0.1) is 11.9 Å². The zero-order valence-electron chi connectivity index (χ0n) is 8.59. The number of ketones is 1. The molecule has 0 aliphatic rings. The van der Waals surface area contributed by atoms with Gasteiger partial charge in [0.1, 0.15) is 5.75 Å². The van der Waals surface area contributed by atoms with E-state index in [1.807, 2.05) is 6.07 Å². The molecule has 0 saturated heterocycles. The SMILES string of the molecule is COc1cc(CCl)cc(C(=O)C(C)Br)c1. The molecular formula is C11H12BrClO2. The highest BCUT2D eigenvalue weighted by molar-refractivity contribution is 9.10. The number of benzene rings is 1. The Balaban J connectivity index is 3.12. The number of carbonyl (C=O) groups excluding carboxylic acids is 1. The topological polar surface area (TPSA) is 26.3 Å². The van der Waals surface area contributed by atoms with Crippen molar-refractivity contribution >= 4 is 33.3 Å². The average Bonchev–Trinajstić information content (AvgIpc) is 2.27. The molecule has 0 aromatic heterocycles. The van der Waals surface area contributed by atoms with Crippen LogP contribution < -0.4 is 4.74 Å². The van der Waals surface area contributed by atoms with Crippen LogP contribution in [0.5, 0.6) is 5.75 Å². The molecule has 0 spiro atoms. The van der Waals surface area contributed by atoms with Gasteiger partial charge in [-0.15, -0.1) is 11.6 Å². The predicted octanol–water partition coefficient (Wildman–Crippen LogP) is 3.40. The zero-order valence-corrected chi connectivity index (χ0v) is 10.9. The van der Waals surface area contributed by atoms with Gasteiger partial charge in [-0.1, -0.05) is 15.9 Å². The van der Waals surface area contributed by atoms with Gasteiger partial charge in [0.15, 0.2) is 5.78 Å². The molecule has 0 fully saturated rings. The fourth-order valence-electron chi connectivity index (χ4n) is 1.23. The van der Waals surface area contributed by atoms with E-state index in [1.165, 1.54) is 0 Å². The van der Waals surface area contributed by atoms with Crippen LogP contribution in [-0.2, 0) is 5.88 Å². The normalized spacial score (nSPS) is 12.3. The second kappa shape index (κ2) is 5.52. The standard InChI is InChI=1S/C11H12BrClO2/c1-7(12)11(14)9-3-8(6-13)4-10(5-9)15-2/h3-5,7H,6H2,1-2H3. The van der Waals surface area contributed by atoms with E-state index in [4.69, 9.17) is 16.3 Å². The Bertz CT molecular complexity index is 341. The average molecular weight is 292 g/mol. The summed E-state index contributed by atoms with van der Waals surface area (Å²) in [4.78, 5) is 11.5. The second-order valence-corrected chi connectivity index (χ2v) is 4.82. The van der Waals surface area contributed by atoms with Crippen LogP contribution >= 0.6 is 27.5 Å². The number of Topliss-reactive ketones (excluding diaryl/α,β-unsaturated/α-hetero) is 1.